The lowest BCUT2D eigenvalue weighted by molar-refractivity contribution is -0.147. The van der Waals surface area contributed by atoms with E-state index in [1.807, 2.05) is 4.90 Å². The highest BCUT2D eigenvalue weighted by molar-refractivity contribution is 5.82. The molecule has 0 bridgehead atoms. The first-order valence-electron chi connectivity index (χ1n) is 11.5. The van der Waals surface area contributed by atoms with E-state index in [1.165, 1.54) is 37.8 Å². The third-order valence-corrected chi connectivity index (χ3v) is 7.22. The molecule has 0 N–H and O–H groups in total. The number of nitrogens with zero attached hydrogens (tertiary/aromatic N) is 2. The lowest BCUT2D eigenvalue weighted by atomic mass is 9.71. The summed E-state index contributed by atoms with van der Waals surface area (Å²) in [6.45, 7) is 12.6. The molecular formula is C25H39FN2O. The van der Waals surface area contributed by atoms with Crippen LogP contribution in [0.1, 0.15) is 78.7 Å². The van der Waals surface area contributed by atoms with Crippen LogP contribution in [0.3, 0.4) is 0 Å². The largest absolute Gasteiger partial charge is 0.334 e. The van der Waals surface area contributed by atoms with Crippen LogP contribution in [0.2, 0.25) is 0 Å². The van der Waals surface area contributed by atoms with E-state index in [4.69, 9.17) is 0 Å². The number of rotatable bonds is 5. The minimum atomic E-state index is -0.232. The van der Waals surface area contributed by atoms with E-state index < -0.39 is 0 Å². The quantitative estimate of drug-likeness (QED) is 0.637. The van der Waals surface area contributed by atoms with Gasteiger partial charge in [-0.2, -0.15) is 0 Å². The Hall–Kier alpha value is -1.42. The Bertz CT molecular complexity index is 681. The monoisotopic (exact) mass is 402 g/mol. The Morgan fingerprint density at radius 1 is 1.17 bits per heavy atom. The highest BCUT2D eigenvalue weighted by atomic mass is 19.1. The zero-order chi connectivity index (χ0) is 21.2. The molecule has 0 radical (unpaired) electrons. The third kappa shape index (κ3) is 5.20. The first-order chi connectivity index (χ1) is 13.7. The van der Waals surface area contributed by atoms with E-state index in [-0.39, 0.29) is 29.3 Å². The molecule has 3 rings (SSSR count). The predicted octanol–water partition coefficient (Wildman–Crippen LogP) is 5.63. The molecule has 4 unspecified atom stereocenters. The van der Waals surface area contributed by atoms with Crippen molar-refractivity contribution in [1.29, 1.82) is 0 Å². The Kier molecular flexibility index (Phi) is 7.03. The summed E-state index contributed by atoms with van der Waals surface area (Å²) in [6.07, 6.45) is 7.12. The zero-order valence-corrected chi connectivity index (χ0v) is 19.0. The lowest BCUT2D eigenvalue weighted by Gasteiger charge is -2.52. The highest BCUT2D eigenvalue weighted by Gasteiger charge is 2.45. The van der Waals surface area contributed by atoms with Gasteiger partial charge in [0.2, 0.25) is 5.91 Å². The van der Waals surface area contributed by atoms with Crippen LogP contribution in [0, 0.1) is 17.7 Å². The van der Waals surface area contributed by atoms with Crippen molar-refractivity contribution in [2.75, 3.05) is 6.54 Å². The van der Waals surface area contributed by atoms with Crippen molar-refractivity contribution in [3.8, 4) is 0 Å². The molecule has 1 aliphatic heterocycles. The maximum atomic E-state index is 13.9. The number of carbonyl (C=O) groups is 1. The molecule has 0 aromatic heterocycles. The average molecular weight is 403 g/mol. The topological polar surface area (TPSA) is 23.6 Å². The summed E-state index contributed by atoms with van der Waals surface area (Å²) in [4.78, 5) is 18.4. The van der Waals surface area contributed by atoms with Crippen molar-refractivity contribution in [3.63, 3.8) is 0 Å². The smallest absolute Gasteiger partial charge is 0.240 e. The SMILES string of the molecule is CCC(C)N(Cc1ccc(F)cc1)C(=O)C1CC2CCCCC2CN1C(C)(C)C. The summed E-state index contributed by atoms with van der Waals surface area (Å²) < 4.78 is 13.4. The third-order valence-electron chi connectivity index (χ3n) is 7.22. The molecule has 2 aliphatic rings. The fourth-order valence-corrected chi connectivity index (χ4v) is 5.25. The molecule has 1 saturated carbocycles. The van der Waals surface area contributed by atoms with Gasteiger partial charge in [-0.1, -0.05) is 38.3 Å². The number of hydrogen-bond acceptors (Lipinski definition) is 2. The number of hydrogen-bond donors (Lipinski definition) is 0. The van der Waals surface area contributed by atoms with Gasteiger partial charge in [-0.05, 0) is 76.5 Å². The van der Waals surface area contributed by atoms with Crippen molar-refractivity contribution in [2.45, 2.75) is 97.3 Å². The molecule has 162 valence electrons. The summed E-state index contributed by atoms with van der Waals surface area (Å²) in [5.41, 5.74) is 0.966. The maximum absolute atomic E-state index is 13.9. The standard InChI is InChI=1S/C25H39FN2O/c1-6-18(2)27(16-19-11-13-22(26)14-12-19)24(29)23-15-20-9-7-8-10-21(20)17-28(23)25(3,4)5/h11-14,18,20-21,23H,6-10,15-17H2,1-5H3. The Balaban J connectivity index is 1.85. The van der Waals surface area contributed by atoms with Crippen molar-refractivity contribution in [2.24, 2.45) is 11.8 Å². The molecule has 29 heavy (non-hydrogen) atoms. The minimum absolute atomic E-state index is 0.0280. The Morgan fingerprint density at radius 2 is 1.79 bits per heavy atom. The second-order valence-corrected chi connectivity index (χ2v) is 10.2. The number of halogens is 1. The van der Waals surface area contributed by atoms with Crippen molar-refractivity contribution in [1.82, 2.24) is 9.80 Å². The van der Waals surface area contributed by atoms with Crippen LogP contribution in [0.15, 0.2) is 24.3 Å². The fourth-order valence-electron chi connectivity index (χ4n) is 5.25. The van der Waals surface area contributed by atoms with E-state index in [1.54, 1.807) is 12.1 Å². The van der Waals surface area contributed by atoms with E-state index in [0.717, 1.165) is 30.9 Å². The molecule has 1 amide bonds. The predicted molar refractivity (Wildman–Crippen MR) is 117 cm³/mol. The van der Waals surface area contributed by atoms with Gasteiger partial charge in [0.05, 0.1) is 6.04 Å². The maximum Gasteiger partial charge on any atom is 0.240 e. The first-order valence-corrected chi connectivity index (χ1v) is 11.5. The fraction of sp³-hybridized carbons (Fsp3) is 0.720. The minimum Gasteiger partial charge on any atom is -0.334 e. The van der Waals surface area contributed by atoms with Gasteiger partial charge >= 0.3 is 0 Å². The van der Waals surface area contributed by atoms with Crippen molar-refractivity contribution >= 4 is 5.91 Å². The molecule has 1 saturated heterocycles. The van der Waals surface area contributed by atoms with Gasteiger partial charge < -0.3 is 4.90 Å². The highest BCUT2D eigenvalue weighted by Crippen LogP contribution is 2.41. The van der Waals surface area contributed by atoms with E-state index >= 15 is 0 Å². The lowest BCUT2D eigenvalue weighted by Crippen LogP contribution is -2.61. The number of fused-ring (bicyclic) bond motifs is 1. The zero-order valence-electron chi connectivity index (χ0n) is 19.0. The summed E-state index contributed by atoms with van der Waals surface area (Å²) in [5, 5.41) is 0. The number of amides is 1. The summed E-state index contributed by atoms with van der Waals surface area (Å²) in [6, 6.07) is 6.70. The van der Waals surface area contributed by atoms with Gasteiger partial charge in [0.15, 0.2) is 0 Å². The van der Waals surface area contributed by atoms with Crippen LogP contribution in [0.4, 0.5) is 4.39 Å². The van der Waals surface area contributed by atoms with Crippen LogP contribution >= 0.6 is 0 Å². The molecular weight excluding hydrogens is 363 g/mol. The van der Waals surface area contributed by atoms with Gasteiger partial charge in [0, 0.05) is 24.7 Å². The molecule has 3 nitrogen and oxygen atoms in total. The Labute approximate surface area is 176 Å². The van der Waals surface area contributed by atoms with Gasteiger partial charge in [0.1, 0.15) is 5.82 Å². The molecule has 4 atom stereocenters. The molecule has 0 spiro atoms. The molecule has 1 aromatic rings. The van der Waals surface area contributed by atoms with Crippen LogP contribution in [-0.2, 0) is 11.3 Å². The van der Waals surface area contributed by atoms with Gasteiger partial charge in [-0.25, -0.2) is 4.39 Å². The summed E-state index contributed by atoms with van der Waals surface area (Å²) in [5.74, 6) is 1.44. The van der Waals surface area contributed by atoms with E-state index in [0.29, 0.717) is 12.5 Å². The number of carbonyl (C=O) groups excluding carboxylic acids is 1. The van der Waals surface area contributed by atoms with Crippen molar-refractivity contribution in [3.05, 3.63) is 35.6 Å². The van der Waals surface area contributed by atoms with E-state index in [9.17, 15) is 9.18 Å². The van der Waals surface area contributed by atoms with Gasteiger partial charge in [-0.3, -0.25) is 9.69 Å². The Morgan fingerprint density at radius 3 is 2.38 bits per heavy atom. The molecule has 1 aromatic carbocycles. The van der Waals surface area contributed by atoms with E-state index in [2.05, 4.69) is 39.5 Å². The molecule has 2 fully saturated rings. The average Bonchev–Trinajstić information content (AvgIpc) is 2.70. The van der Waals surface area contributed by atoms with Crippen LogP contribution in [0.25, 0.3) is 0 Å². The number of likely N-dealkylation sites (tertiary alicyclic amines) is 1. The second kappa shape index (κ2) is 9.16. The molecule has 4 heteroatoms. The number of benzene rings is 1. The summed E-state index contributed by atoms with van der Waals surface area (Å²) >= 11 is 0. The van der Waals surface area contributed by atoms with Crippen molar-refractivity contribution < 1.29 is 9.18 Å². The van der Waals surface area contributed by atoms with Gasteiger partial charge in [0.25, 0.3) is 0 Å². The second-order valence-electron chi connectivity index (χ2n) is 10.2. The van der Waals surface area contributed by atoms with Crippen LogP contribution in [0.5, 0.6) is 0 Å². The van der Waals surface area contributed by atoms with Crippen LogP contribution in [-0.4, -0.2) is 39.9 Å². The summed E-state index contributed by atoms with van der Waals surface area (Å²) in [7, 11) is 0. The van der Waals surface area contributed by atoms with Gasteiger partial charge in [-0.15, -0.1) is 0 Å². The number of piperidine rings is 1. The molecule has 1 aliphatic carbocycles. The molecule has 1 heterocycles. The van der Waals surface area contributed by atoms with Crippen LogP contribution < -0.4 is 0 Å². The normalized spacial score (nSPS) is 26.6. The first kappa shape index (κ1) is 22.3.